The number of nitrogens with one attached hydrogen (secondary N) is 1. The Morgan fingerprint density at radius 1 is 1.22 bits per heavy atom. The number of benzene rings is 1. The van der Waals surface area contributed by atoms with Crippen LogP contribution in [0.25, 0.3) is 0 Å². The summed E-state index contributed by atoms with van der Waals surface area (Å²) in [6, 6.07) is 4.20. The Labute approximate surface area is 220 Å². The monoisotopic (exact) mass is 514 g/mol. The number of hydrogen-bond donors (Lipinski definition) is 2. The predicted molar refractivity (Wildman–Crippen MR) is 149 cm³/mol. The topological polar surface area (TPSA) is 101 Å². The Bertz CT molecular complexity index is 1010. The van der Waals surface area contributed by atoms with Gasteiger partial charge in [0.25, 0.3) is 0 Å². The molecule has 3 N–H and O–H groups in total. The number of nitrogens with zero attached hydrogens (tertiary/aromatic N) is 2. The number of thioether (sulfide) groups is 1. The lowest BCUT2D eigenvalue weighted by Gasteiger charge is -2.39. The van der Waals surface area contributed by atoms with Crippen LogP contribution < -0.4 is 15.2 Å². The molecule has 0 fully saturated rings. The maximum Gasteiger partial charge on any atom is 0.162 e. The number of carbonyl (C=O) groups is 1. The Morgan fingerprint density at radius 2 is 1.92 bits per heavy atom. The van der Waals surface area contributed by atoms with Gasteiger partial charge in [0.1, 0.15) is 24.8 Å². The normalized spacial score (nSPS) is 19.2. The van der Waals surface area contributed by atoms with E-state index < -0.39 is 0 Å². The molecule has 2 aliphatic rings. The van der Waals surface area contributed by atoms with Crippen LogP contribution in [-0.2, 0) is 11.2 Å². The number of fused-ring (bicyclic) bond motifs is 1. The van der Waals surface area contributed by atoms with E-state index in [1.807, 2.05) is 6.20 Å². The van der Waals surface area contributed by atoms with Gasteiger partial charge in [-0.25, -0.2) is 4.99 Å². The number of hydrogen-bond acceptors (Lipinski definition) is 8. The molecule has 1 aromatic carbocycles. The van der Waals surface area contributed by atoms with Gasteiger partial charge in [-0.05, 0) is 42.0 Å². The number of aliphatic imine (C=N–C) groups is 1. The summed E-state index contributed by atoms with van der Waals surface area (Å²) in [7, 11) is 0. The van der Waals surface area contributed by atoms with Gasteiger partial charge in [0, 0.05) is 36.2 Å². The lowest BCUT2D eigenvalue weighted by molar-refractivity contribution is -0.117. The number of Topliss-reactive ketones (excluding diaryl/α,β-unsaturated/α-hetero) is 1. The van der Waals surface area contributed by atoms with Crippen LogP contribution in [0.2, 0.25) is 0 Å². The van der Waals surface area contributed by atoms with Crippen molar-refractivity contribution in [3.05, 3.63) is 29.5 Å². The zero-order chi connectivity index (χ0) is 26.2. The fourth-order valence-electron chi connectivity index (χ4n) is 4.44. The van der Waals surface area contributed by atoms with Gasteiger partial charge in [-0.2, -0.15) is 0 Å². The minimum Gasteiger partial charge on any atom is -0.486 e. The van der Waals surface area contributed by atoms with Gasteiger partial charge < -0.3 is 25.5 Å². The lowest BCUT2D eigenvalue weighted by atomic mass is 9.96. The molecule has 1 aromatic rings. The number of aryl methyl sites for hydroxylation is 1. The van der Waals surface area contributed by atoms with E-state index in [-0.39, 0.29) is 23.6 Å². The smallest absolute Gasteiger partial charge is 0.162 e. The number of ketones is 1. The number of nitrogens with two attached hydrogens (primary N) is 1. The molecule has 3 atom stereocenters. The van der Waals surface area contributed by atoms with Crippen molar-refractivity contribution in [2.75, 3.05) is 26.3 Å². The molecule has 0 saturated heterocycles. The van der Waals surface area contributed by atoms with Crippen LogP contribution in [0.5, 0.6) is 11.5 Å². The van der Waals surface area contributed by atoms with E-state index in [9.17, 15) is 4.79 Å². The number of rotatable bonds is 11. The second-order valence-corrected chi connectivity index (χ2v) is 10.7. The quantitative estimate of drug-likeness (QED) is 0.301. The summed E-state index contributed by atoms with van der Waals surface area (Å²) in [5, 5.41) is 8.78. The van der Waals surface area contributed by atoms with Gasteiger partial charge in [0.2, 0.25) is 0 Å². The summed E-state index contributed by atoms with van der Waals surface area (Å²) in [6.07, 6.45) is 5.66. The van der Waals surface area contributed by atoms with Gasteiger partial charge in [0.05, 0.1) is 17.8 Å². The third kappa shape index (κ3) is 6.71. The number of carbonyl (C=O) groups excluding carboxylic acids is 1. The van der Waals surface area contributed by atoms with Gasteiger partial charge in [-0.1, -0.05) is 41.0 Å². The predicted octanol–water partition coefficient (Wildman–Crippen LogP) is 5.46. The van der Waals surface area contributed by atoms with Crippen molar-refractivity contribution in [3.8, 4) is 11.5 Å². The molecule has 8 heteroatoms. The van der Waals surface area contributed by atoms with Crippen LogP contribution in [0.1, 0.15) is 65.9 Å². The molecule has 36 heavy (non-hydrogen) atoms. The summed E-state index contributed by atoms with van der Waals surface area (Å²) in [5.74, 6) is 2.66. The molecule has 7 nitrogen and oxygen atoms in total. The Balaban J connectivity index is 2.05. The first-order chi connectivity index (χ1) is 17.3. The fraction of sp³-hybridized carbons (Fsp3) is 0.607. The van der Waals surface area contributed by atoms with E-state index in [1.54, 1.807) is 11.8 Å². The minimum absolute atomic E-state index is 0.0269. The zero-order valence-electron chi connectivity index (χ0n) is 22.4. The van der Waals surface area contributed by atoms with E-state index in [0.717, 1.165) is 47.1 Å². The van der Waals surface area contributed by atoms with Crippen molar-refractivity contribution in [2.24, 2.45) is 22.6 Å². The number of allylic oxidation sites excluding steroid dienone is 1. The van der Waals surface area contributed by atoms with Crippen LogP contribution in [0.4, 0.5) is 0 Å². The highest BCUT2D eigenvalue weighted by Crippen LogP contribution is 2.42. The average molecular weight is 515 g/mol. The Kier molecular flexibility index (Phi) is 10.4. The molecule has 0 bridgehead atoms. The third-order valence-electron chi connectivity index (χ3n) is 7.11. The standard InChI is InChI=1S/C28H42N4O3S/c1-6-18(4)28(36-26-15-25-24(14-21(26)8-3)34-11-12-35-25)32(10-9-22(33)16-29)27-19(5)23(30)13-20(7-2)17-31-27/h14-15,17-19,28,30H,6-13,16,29H2,1-5H3. The van der Waals surface area contributed by atoms with Crippen molar-refractivity contribution in [1.82, 2.24) is 4.90 Å². The summed E-state index contributed by atoms with van der Waals surface area (Å²) >= 11 is 1.80. The highest BCUT2D eigenvalue weighted by Gasteiger charge is 2.33. The van der Waals surface area contributed by atoms with Gasteiger partial charge in [-0.3, -0.25) is 4.79 Å². The number of amidine groups is 1. The molecule has 198 valence electrons. The molecule has 0 amide bonds. The van der Waals surface area contributed by atoms with E-state index in [4.69, 9.17) is 25.6 Å². The van der Waals surface area contributed by atoms with Crippen molar-refractivity contribution in [1.29, 1.82) is 5.41 Å². The van der Waals surface area contributed by atoms with Crippen LogP contribution in [0, 0.1) is 17.2 Å². The van der Waals surface area contributed by atoms with E-state index in [1.165, 1.54) is 5.56 Å². The van der Waals surface area contributed by atoms with E-state index in [2.05, 4.69) is 51.7 Å². The first-order valence-electron chi connectivity index (χ1n) is 13.2. The zero-order valence-corrected chi connectivity index (χ0v) is 23.2. The van der Waals surface area contributed by atoms with Crippen LogP contribution >= 0.6 is 11.8 Å². The lowest BCUT2D eigenvalue weighted by Crippen LogP contribution is -2.47. The average Bonchev–Trinajstić information content (AvgIpc) is 3.04. The van der Waals surface area contributed by atoms with Crippen molar-refractivity contribution >= 4 is 29.1 Å². The molecule has 0 aliphatic carbocycles. The molecule has 0 saturated carbocycles. The second-order valence-electron chi connectivity index (χ2n) is 9.59. The van der Waals surface area contributed by atoms with Crippen molar-refractivity contribution in [2.45, 2.75) is 77.0 Å². The summed E-state index contributed by atoms with van der Waals surface area (Å²) in [5.41, 5.74) is 8.70. The van der Waals surface area contributed by atoms with Gasteiger partial charge in [-0.15, -0.1) is 11.8 Å². The van der Waals surface area contributed by atoms with Crippen molar-refractivity contribution in [3.63, 3.8) is 0 Å². The highest BCUT2D eigenvalue weighted by atomic mass is 32.2. The summed E-state index contributed by atoms with van der Waals surface area (Å²) in [6.45, 7) is 12.4. The fourth-order valence-corrected chi connectivity index (χ4v) is 6.00. The summed E-state index contributed by atoms with van der Waals surface area (Å²) in [4.78, 5) is 20.7. The molecule has 3 rings (SSSR count). The maximum atomic E-state index is 12.3. The largest absolute Gasteiger partial charge is 0.486 e. The second kappa shape index (κ2) is 13.3. The summed E-state index contributed by atoms with van der Waals surface area (Å²) < 4.78 is 11.7. The number of ether oxygens (including phenoxy) is 2. The van der Waals surface area contributed by atoms with E-state index in [0.29, 0.717) is 44.2 Å². The molecular weight excluding hydrogens is 472 g/mol. The minimum atomic E-state index is -0.128. The third-order valence-corrected chi connectivity index (χ3v) is 8.70. The Hall–Kier alpha value is -2.32. The SMILES string of the molecule is CCC1=CN=C(N(CCC(=O)CN)C(Sc2cc3c(cc2CC)OCCO3)C(C)CC)C(C)C(=N)C1. The molecule has 0 radical (unpaired) electrons. The molecule has 2 heterocycles. The first kappa shape index (κ1) is 28.3. The molecule has 0 aromatic heterocycles. The van der Waals surface area contributed by atoms with Crippen LogP contribution in [-0.4, -0.2) is 53.9 Å². The first-order valence-corrected chi connectivity index (χ1v) is 14.1. The van der Waals surface area contributed by atoms with Crippen molar-refractivity contribution < 1.29 is 14.3 Å². The van der Waals surface area contributed by atoms with Crippen LogP contribution in [0.15, 0.2) is 33.8 Å². The molecule has 2 aliphatic heterocycles. The highest BCUT2D eigenvalue weighted by molar-refractivity contribution is 8.00. The molecule has 3 unspecified atom stereocenters. The van der Waals surface area contributed by atoms with Crippen LogP contribution in [0.3, 0.4) is 0 Å². The van der Waals surface area contributed by atoms with Gasteiger partial charge >= 0.3 is 0 Å². The maximum absolute atomic E-state index is 12.3. The molecule has 0 spiro atoms. The van der Waals surface area contributed by atoms with Gasteiger partial charge in [0.15, 0.2) is 11.5 Å². The van der Waals surface area contributed by atoms with E-state index >= 15 is 0 Å². The Morgan fingerprint density at radius 3 is 2.53 bits per heavy atom. The molecular formula is C28H42N4O3S.